The minimum absolute atomic E-state index is 0.105. The average molecular weight is 360 g/mol. The van der Waals surface area contributed by atoms with Crippen LogP contribution in [-0.2, 0) is 17.8 Å². The lowest BCUT2D eigenvalue weighted by molar-refractivity contribution is -0.134. The summed E-state index contributed by atoms with van der Waals surface area (Å²) in [6.45, 7) is 3.99. The summed E-state index contributed by atoms with van der Waals surface area (Å²) in [4.78, 5) is 12.9. The summed E-state index contributed by atoms with van der Waals surface area (Å²) in [6, 6.07) is 18.3. The van der Waals surface area contributed by atoms with E-state index < -0.39 is 0 Å². The van der Waals surface area contributed by atoms with Crippen LogP contribution in [0.2, 0.25) is 0 Å². The highest BCUT2D eigenvalue weighted by Gasteiger charge is 2.43. The number of amides is 1. The van der Waals surface area contributed by atoms with Gasteiger partial charge in [-0.3, -0.25) is 4.79 Å². The van der Waals surface area contributed by atoms with Gasteiger partial charge in [0.05, 0.1) is 17.3 Å². The van der Waals surface area contributed by atoms with Crippen molar-refractivity contribution in [2.24, 2.45) is 5.41 Å². The largest absolute Gasteiger partial charge is 0.351 e. The maximum Gasteiger partial charge on any atom is 0.229 e. The van der Waals surface area contributed by atoms with Crippen molar-refractivity contribution in [1.29, 1.82) is 0 Å². The van der Waals surface area contributed by atoms with Gasteiger partial charge in [-0.15, -0.1) is 0 Å². The number of carbonyl (C=O) groups is 1. The molecule has 0 radical (unpaired) electrons. The van der Waals surface area contributed by atoms with Crippen molar-refractivity contribution in [3.63, 3.8) is 0 Å². The third-order valence-electron chi connectivity index (χ3n) is 5.25. The number of para-hydroxylation sites is 1. The molecular formula is C22H24N4O. The molecule has 27 heavy (non-hydrogen) atoms. The van der Waals surface area contributed by atoms with Crippen molar-refractivity contribution >= 4 is 5.91 Å². The Morgan fingerprint density at radius 1 is 1.11 bits per heavy atom. The molecule has 0 bridgehead atoms. The summed E-state index contributed by atoms with van der Waals surface area (Å²) in [5.74, 6) is 0.105. The molecule has 0 saturated carbocycles. The van der Waals surface area contributed by atoms with Crippen LogP contribution in [0.3, 0.4) is 0 Å². The van der Waals surface area contributed by atoms with Gasteiger partial charge < -0.3 is 10.6 Å². The predicted molar refractivity (Wildman–Crippen MR) is 106 cm³/mol. The van der Waals surface area contributed by atoms with Crippen molar-refractivity contribution in [2.45, 2.75) is 19.9 Å². The van der Waals surface area contributed by atoms with Crippen LogP contribution in [0.4, 0.5) is 0 Å². The average Bonchev–Trinajstić information content (AvgIpc) is 3.13. The van der Waals surface area contributed by atoms with Crippen molar-refractivity contribution in [3.8, 4) is 5.69 Å². The van der Waals surface area contributed by atoms with Crippen LogP contribution in [0.25, 0.3) is 5.69 Å². The lowest BCUT2D eigenvalue weighted by Gasteiger charge is -2.41. The molecule has 0 aliphatic carbocycles. The quantitative estimate of drug-likeness (QED) is 0.710. The zero-order valence-corrected chi connectivity index (χ0v) is 15.5. The number of nitrogens with zero attached hydrogens (tertiary/aromatic N) is 2. The van der Waals surface area contributed by atoms with E-state index in [1.807, 2.05) is 53.5 Å². The van der Waals surface area contributed by atoms with Crippen molar-refractivity contribution < 1.29 is 4.79 Å². The van der Waals surface area contributed by atoms with Crippen LogP contribution in [0.5, 0.6) is 0 Å². The molecular weight excluding hydrogens is 336 g/mol. The predicted octanol–water partition coefficient (Wildman–Crippen LogP) is 2.63. The molecule has 1 aliphatic heterocycles. The van der Waals surface area contributed by atoms with Crippen molar-refractivity contribution in [2.75, 3.05) is 13.1 Å². The minimum atomic E-state index is -0.354. The van der Waals surface area contributed by atoms with Gasteiger partial charge in [-0.1, -0.05) is 48.5 Å². The molecule has 5 heteroatoms. The van der Waals surface area contributed by atoms with Gasteiger partial charge in [-0.05, 0) is 30.5 Å². The number of aromatic nitrogens is 2. The van der Waals surface area contributed by atoms with E-state index in [1.165, 1.54) is 11.1 Å². The van der Waals surface area contributed by atoms with Crippen LogP contribution in [0, 0.1) is 12.3 Å². The van der Waals surface area contributed by atoms with E-state index in [4.69, 9.17) is 0 Å². The minimum Gasteiger partial charge on any atom is -0.351 e. The Bertz CT molecular complexity index is 928. The summed E-state index contributed by atoms with van der Waals surface area (Å²) in [5.41, 5.74) is 4.06. The fourth-order valence-electron chi connectivity index (χ4n) is 3.55. The molecule has 3 aromatic rings. The van der Waals surface area contributed by atoms with Crippen molar-refractivity contribution in [3.05, 3.63) is 83.7 Å². The van der Waals surface area contributed by atoms with Gasteiger partial charge >= 0.3 is 0 Å². The molecule has 1 saturated heterocycles. The number of hydrogen-bond donors (Lipinski definition) is 2. The molecule has 2 N–H and O–H groups in total. The summed E-state index contributed by atoms with van der Waals surface area (Å²) < 4.78 is 1.86. The number of aryl methyl sites for hydroxylation is 1. The SMILES string of the molecule is Cc1ccccc1-n1cc(CNC(=O)C2(Cc3ccccc3)CNC2)cn1. The molecule has 1 aliphatic rings. The summed E-state index contributed by atoms with van der Waals surface area (Å²) in [7, 11) is 0. The van der Waals surface area contributed by atoms with Crippen LogP contribution >= 0.6 is 0 Å². The highest BCUT2D eigenvalue weighted by molar-refractivity contribution is 5.84. The standard InChI is InChI=1S/C22H24N4O/c1-17-7-5-6-10-20(17)26-14-19(13-25-26)12-24-21(27)22(15-23-16-22)11-18-8-3-2-4-9-18/h2-10,13-14,23H,11-12,15-16H2,1H3,(H,24,27). The summed E-state index contributed by atoms with van der Waals surface area (Å²) in [6.07, 6.45) is 4.55. The van der Waals surface area contributed by atoms with E-state index in [1.54, 1.807) is 0 Å². The van der Waals surface area contributed by atoms with Gasteiger partial charge in [0.15, 0.2) is 0 Å². The fourth-order valence-corrected chi connectivity index (χ4v) is 3.55. The monoisotopic (exact) mass is 360 g/mol. The van der Waals surface area contributed by atoms with E-state index >= 15 is 0 Å². The molecule has 1 amide bonds. The van der Waals surface area contributed by atoms with Gasteiger partial charge in [0, 0.05) is 31.4 Å². The van der Waals surface area contributed by atoms with Gasteiger partial charge in [-0.2, -0.15) is 5.10 Å². The third kappa shape index (κ3) is 3.64. The van der Waals surface area contributed by atoms with Gasteiger partial charge in [0.1, 0.15) is 0 Å². The summed E-state index contributed by atoms with van der Waals surface area (Å²) in [5, 5.41) is 10.8. The van der Waals surface area contributed by atoms with Gasteiger partial charge in [-0.25, -0.2) is 4.68 Å². The topological polar surface area (TPSA) is 59.0 Å². The summed E-state index contributed by atoms with van der Waals surface area (Å²) >= 11 is 0. The van der Waals surface area contributed by atoms with Crippen molar-refractivity contribution in [1.82, 2.24) is 20.4 Å². The Labute approximate surface area is 159 Å². The highest BCUT2D eigenvalue weighted by Crippen LogP contribution is 2.28. The van der Waals surface area contributed by atoms with Crippen LogP contribution < -0.4 is 10.6 Å². The first-order chi connectivity index (χ1) is 13.2. The molecule has 5 nitrogen and oxygen atoms in total. The number of hydrogen-bond acceptors (Lipinski definition) is 3. The second kappa shape index (κ2) is 7.37. The number of benzene rings is 2. The van der Waals surface area contributed by atoms with E-state index in [-0.39, 0.29) is 11.3 Å². The zero-order chi connectivity index (χ0) is 18.7. The highest BCUT2D eigenvalue weighted by atomic mass is 16.2. The molecule has 0 atom stereocenters. The molecule has 0 unspecified atom stereocenters. The molecule has 2 heterocycles. The fraction of sp³-hybridized carbons (Fsp3) is 0.273. The molecule has 2 aromatic carbocycles. The first-order valence-corrected chi connectivity index (χ1v) is 9.29. The Balaban J connectivity index is 1.41. The maximum absolute atomic E-state index is 12.9. The van der Waals surface area contributed by atoms with E-state index in [0.717, 1.165) is 30.8 Å². The number of nitrogens with one attached hydrogen (secondary N) is 2. The Morgan fingerprint density at radius 3 is 2.56 bits per heavy atom. The second-order valence-corrected chi connectivity index (χ2v) is 7.31. The maximum atomic E-state index is 12.9. The second-order valence-electron chi connectivity index (χ2n) is 7.31. The lowest BCUT2D eigenvalue weighted by Crippen LogP contribution is -2.62. The van der Waals surface area contributed by atoms with Crippen LogP contribution in [-0.4, -0.2) is 28.8 Å². The van der Waals surface area contributed by atoms with Crippen LogP contribution in [0.1, 0.15) is 16.7 Å². The van der Waals surface area contributed by atoms with Gasteiger partial charge in [0.2, 0.25) is 5.91 Å². The first-order valence-electron chi connectivity index (χ1n) is 9.29. The Kier molecular flexibility index (Phi) is 4.77. The third-order valence-corrected chi connectivity index (χ3v) is 5.25. The normalized spacial score (nSPS) is 15.1. The van der Waals surface area contributed by atoms with E-state index in [2.05, 4.69) is 40.9 Å². The number of carbonyl (C=O) groups excluding carboxylic acids is 1. The zero-order valence-electron chi connectivity index (χ0n) is 15.5. The Hall–Kier alpha value is -2.92. The molecule has 1 fully saturated rings. The Morgan fingerprint density at radius 2 is 1.85 bits per heavy atom. The smallest absolute Gasteiger partial charge is 0.229 e. The molecule has 0 spiro atoms. The molecule has 4 rings (SSSR count). The molecule has 138 valence electrons. The van der Waals surface area contributed by atoms with Gasteiger partial charge in [0.25, 0.3) is 0 Å². The first kappa shape index (κ1) is 17.5. The van der Waals surface area contributed by atoms with E-state index in [0.29, 0.717) is 6.54 Å². The number of rotatable bonds is 6. The lowest BCUT2D eigenvalue weighted by atomic mass is 9.75. The van der Waals surface area contributed by atoms with E-state index in [9.17, 15) is 4.79 Å². The van der Waals surface area contributed by atoms with Crippen LogP contribution in [0.15, 0.2) is 67.0 Å². The molecule has 1 aromatic heterocycles.